The first-order valence-corrected chi connectivity index (χ1v) is 9.51. The highest BCUT2D eigenvalue weighted by molar-refractivity contribution is 5.86. The van der Waals surface area contributed by atoms with Gasteiger partial charge in [0.25, 0.3) is 0 Å². The van der Waals surface area contributed by atoms with Gasteiger partial charge in [-0.3, -0.25) is 4.79 Å². The largest absolute Gasteiger partial charge is 0.352 e. The van der Waals surface area contributed by atoms with Crippen molar-refractivity contribution in [3.8, 4) is 0 Å². The summed E-state index contributed by atoms with van der Waals surface area (Å²) in [5, 5.41) is 3.26. The molecule has 3 rings (SSSR count). The molecule has 1 amide bonds. The summed E-state index contributed by atoms with van der Waals surface area (Å²) in [5.74, 6) is 0.114. The molecule has 2 saturated carbocycles. The van der Waals surface area contributed by atoms with Crippen LogP contribution in [-0.4, -0.2) is 41.5 Å². The molecule has 0 spiro atoms. The average Bonchev–Trinajstić information content (AvgIpc) is 2.57. The molecule has 1 aliphatic heterocycles. The Morgan fingerprint density at radius 2 is 1.42 bits per heavy atom. The van der Waals surface area contributed by atoms with Crippen LogP contribution < -0.4 is 11.1 Å². The molecule has 0 aromatic carbocycles. The second-order valence-corrected chi connectivity index (χ2v) is 7.79. The first-order valence-electron chi connectivity index (χ1n) is 9.51. The van der Waals surface area contributed by atoms with E-state index >= 15 is 0 Å². The van der Waals surface area contributed by atoms with Crippen LogP contribution in [0.4, 0.5) is 0 Å². The molecule has 2 aliphatic carbocycles. The van der Waals surface area contributed by atoms with Crippen LogP contribution in [0, 0.1) is 0 Å². The van der Waals surface area contributed by atoms with Gasteiger partial charge in [-0.1, -0.05) is 38.5 Å². The van der Waals surface area contributed by atoms with Crippen molar-refractivity contribution >= 4 is 30.7 Å². The van der Waals surface area contributed by atoms with Crippen molar-refractivity contribution in [1.29, 1.82) is 0 Å². The van der Waals surface area contributed by atoms with Gasteiger partial charge >= 0.3 is 0 Å². The molecule has 0 radical (unpaired) electrons. The van der Waals surface area contributed by atoms with Gasteiger partial charge in [0.2, 0.25) is 5.91 Å². The zero-order valence-electron chi connectivity index (χ0n) is 14.8. The van der Waals surface area contributed by atoms with E-state index in [1.807, 2.05) is 0 Å². The van der Waals surface area contributed by atoms with Crippen LogP contribution in [0.25, 0.3) is 0 Å². The number of nitrogens with one attached hydrogen (secondary N) is 1. The quantitative estimate of drug-likeness (QED) is 0.789. The van der Waals surface area contributed by atoms with Crippen molar-refractivity contribution in [1.82, 2.24) is 10.2 Å². The molecule has 24 heavy (non-hydrogen) atoms. The van der Waals surface area contributed by atoms with E-state index in [4.69, 9.17) is 5.73 Å². The van der Waals surface area contributed by atoms with Crippen LogP contribution in [0.15, 0.2) is 0 Å². The van der Waals surface area contributed by atoms with Crippen molar-refractivity contribution in [2.75, 3.05) is 13.1 Å². The number of rotatable bonds is 3. The zero-order chi connectivity index (χ0) is 15.4. The first-order chi connectivity index (χ1) is 10.7. The molecule has 0 bridgehead atoms. The molecule has 4 nitrogen and oxygen atoms in total. The molecule has 142 valence electrons. The van der Waals surface area contributed by atoms with Gasteiger partial charge in [-0.2, -0.15) is 0 Å². The van der Waals surface area contributed by atoms with Gasteiger partial charge in [0.15, 0.2) is 0 Å². The summed E-state index contributed by atoms with van der Waals surface area (Å²) in [7, 11) is 0. The van der Waals surface area contributed by atoms with Crippen LogP contribution in [0.1, 0.15) is 77.0 Å². The second-order valence-electron chi connectivity index (χ2n) is 7.79. The topological polar surface area (TPSA) is 58.4 Å². The molecule has 3 fully saturated rings. The SMILES string of the molecule is Cl.Cl.NC1(C(=O)NC2CCN(C3CCCCC3)CC2)CCCCC1. The summed E-state index contributed by atoms with van der Waals surface area (Å²) < 4.78 is 0. The van der Waals surface area contributed by atoms with Crippen molar-refractivity contribution in [3.63, 3.8) is 0 Å². The number of piperidine rings is 1. The highest BCUT2D eigenvalue weighted by atomic mass is 35.5. The van der Waals surface area contributed by atoms with E-state index in [0.717, 1.165) is 57.7 Å². The van der Waals surface area contributed by atoms with E-state index in [1.165, 1.54) is 38.5 Å². The van der Waals surface area contributed by atoms with Crippen LogP contribution >= 0.6 is 24.8 Å². The summed E-state index contributed by atoms with van der Waals surface area (Å²) in [6.07, 6.45) is 14.3. The lowest BCUT2D eigenvalue weighted by Gasteiger charge is -2.40. The van der Waals surface area contributed by atoms with Crippen molar-refractivity contribution in [3.05, 3.63) is 0 Å². The second kappa shape index (κ2) is 10.2. The molecule has 1 saturated heterocycles. The van der Waals surface area contributed by atoms with Crippen molar-refractivity contribution in [2.24, 2.45) is 5.73 Å². The molecule has 0 unspecified atom stereocenters. The van der Waals surface area contributed by atoms with E-state index in [-0.39, 0.29) is 30.7 Å². The van der Waals surface area contributed by atoms with Crippen LogP contribution in [0.3, 0.4) is 0 Å². The van der Waals surface area contributed by atoms with E-state index in [2.05, 4.69) is 10.2 Å². The Morgan fingerprint density at radius 1 is 0.875 bits per heavy atom. The monoisotopic (exact) mass is 379 g/mol. The third kappa shape index (κ3) is 5.48. The van der Waals surface area contributed by atoms with E-state index in [0.29, 0.717) is 6.04 Å². The zero-order valence-corrected chi connectivity index (χ0v) is 16.4. The number of hydrogen-bond acceptors (Lipinski definition) is 3. The van der Waals surface area contributed by atoms with Gasteiger partial charge in [0.05, 0.1) is 5.54 Å². The molecule has 0 aromatic heterocycles. The van der Waals surface area contributed by atoms with E-state index in [9.17, 15) is 4.79 Å². The number of amides is 1. The summed E-state index contributed by atoms with van der Waals surface area (Å²) in [4.78, 5) is 15.2. The lowest BCUT2D eigenvalue weighted by molar-refractivity contribution is -0.128. The van der Waals surface area contributed by atoms with Crippen molar-refractivity contribution in [2.45, 2.75) is 94.7 Å². The van der Waals surface area contributed by atoms with Gasteiger partial charge < -0.3 is 16.0 Å². The normalized spacial score (nSPS) is 26.0. The van der Waals surface area contributed by atoms with E-state index in [1.54, 1.807) is 0 Å². The molecule has 3 aliphatic rings. The Labute approximate surface area is 159 Å². The number of halogens is 2. The summed E-state index contributed by atoms with van der Waals surface area (Å²) in [6, 6.07) is 1.15. The Hall–Kier alpha value is -0.0300. The standard InChI is InChI=1S/C18H33N3O.2ClH/c19-18(11-5-2-6-12-18)17(22)20-15-9-13-21(14-10-15)16-7-3-1-4-8-16;;/h15-16H,1-14,19H2,(H,20,22);2*1H. The minimum atomic E-state index is -0.585. The third-order valence-electron chi connectivity index (χ3n) is 6.15. The summed E-state index contributed by atoms with van der Waals surface area (Å²) in [5.41, 5.74) is 5.76. The number of nitrogens with two attached hydrogens (primary N) is 1. The maximum atomic E-state index is 12.5. The molecule has 0 atom stereocenters. The number of nitrogens with zero attached hydrogens (tertiary/aromatic N) is 1. The minimum absolute atomic E-state index is 0. The van der Waals surface area contributed by atoms with Gasteiger partial charge in [-0.05, 0) is 38.5 Å². The Bertz CT molecular complexity index is 374. The van der Waals surface area contributed by atoms with Gasteiger partial charge in [-0.25, -0.2) is 0 Å². The fraction of sp³-hybridized carbons (Fsp3) is 0.944. The molecule has 0 aromatic rings. The smallest absolute Gasteiger partial charge is 0.240 e. The molecule has 3 N–H and O–H groups in total. The predicted molar refractivity (Wildman–Crippen MR) is 104 cm³/mol. The number of hydrogen-bond donors (Lipinski definition) is 2. The number of carbonyl (C=O) groups excluding carboxylic acids is 1. The molecule has 6 heteroatoms. The fourth-order valence-corrected chi connectivity index (χ4v) is 4.59. The highest BCUT2D eigenvalue weighted by Gasteiger charge is 2.37. The average molecular weight is 380 g/mol. The fourth-order valence-electron chi connectivity index (χ4n) is 4.59. The lowest BCUT2D eigenvalue weighted by Crippen LogP contribution is -2.58. The van der Waals surface area contributed by atoms with Gasteiger partial charge in [0.1, 0.15) is 0 Å². The summed E-state index contributed by atoms with van der Waals surface area (Å²) in [6.45, 7) is 2.29. The maximum Gasteiger partial charge on any atom is 0.240 e. The number of carbonyl (C=O) groups is 1. The van der Waals surface area contributed by atoms with E-state index < -0.39 is 5.54 Å². The lowest BCUT2D eigenvalue weighted by atomic mass is 9.81. The summed E-state index contributed by atoms with van der Waals surface area (Å²) >= 11 is 0. The van der Waals surface area contributed by atoms with Crippen LogP contribution in [0.5, 0.6) is 0 Å². The Kier molecular flexibility index (Phi) is 9.35. The van der Waals surface area contributed by atoms with Gasteiger partial charge in [0, 0.05) is 25.2 Å². The first kappa shape index (κ1) is 22.0. The minimum Gasteiger partial charge on any atom is -0.352 e. The molecule has 1 heterocycles. The van der Waals surface area contributed by atoms with Crippen molar-refractivity contribution < 1.29 is 4.79 Å². The third-order valence-corrected chi connectivity index (χ3v) is 6.15. The van der Waals surface area contributed by atoms with Crippen LogP contribution in [0.2, 0.25) is 0 Å². The van der Waals surface area contributed by atoms with Crippen LogP contribution in [-0.2, 0) is 4.79 Å². The predicted octanol–water partition coefficient (Wildman–Crippen LogP) is 3.40. The number of likely N-dealkylation sites (tertiary alicyclic amines) is 1. The molecular weight excluding hydrogens is 345 g/mol. The molecular formula is C18H35Cl2N3O. The highest BCUT2D eigenvalue weighted by Crippen LogP contribution is 2.28. The maximum absolute atomic E-state index is 12.5. The van der Waals surface area contributed by atoms with Gasteiger partial charge in [-0.15, -0.1) is 24.8 Å². The Balaban J connectivity index is 0.00000144. The Morgan fingerprint density at radius 3 is 2.00 bits per heavy atom.